The van der Waals surface area contributed by atoms with Gasteiger partial charge < -0.3 is 14.4 Å². The van der Waals surface area contributed by atoms with Crippen molar-refractivity contribution in [2.45, 2.75) is 26.2 Å². The summed E-state index contributed by atoms with van der Waals surface area (Å²) in [5.74, 6) is 2.70. The Hall–Kier alpha value is -1.22. The molecule has 0 amide bonds. The lowest BCUT2D eigenvalue weighted by atomic mass is 10.0. The minimum absolute atomic E-state index is 0.810. The molecule has 1 aliphatic heterocycles. The monoisotopic (exact) mass is 264 g/mol. The van der Waals surface area contributed by atoms with Gasteiger partial charge >= 0.3 is 0 Å². The van der Waals surface area contributed by atoms with E-state index >= 15 is 0 Å². The van der Waals surface area contributed by atoms with Crippen molar-refractivity contribution in [2.24, 2.45) is 5.92 Å². The number of methoxy groups -OCH3 is 1. The molecule has 1 fully saturated rings. The summed E-state index contributed by atoms with van der Waals surface area (Å²) in [6.45, 7) is 7.09. The van der Waals surface area contributed by atoms with E-state index in [0.717, 1.165) is 30.4 Å². The minimum atomic E-state index is 0.810. The molecule has 3 nitrogen and oxygen atoms in total. The third-order valence-electron chi connectivity index (χ3n) is 3.87. The van der Waals surface area contributed by atoms with Gasteiger partial charge in [-0.2, -0.15) is 0 Å². The van der Waals surface area contributed by atoms with Crippen molar-refractivity contribution in [3.8, 4) is 11.5 Å². The highest BCUT2D eigenvalue weighted by atomic mass is 16.5. The molecule has 0 spiro atoms. The molecule has 1 saturated heterocycles. The van der Waals surface area contributed by atoms with Crippen molar-refractivity contribution in [3.63, 3.8) is 0 Å². The molecule has 1 N–H and O–H groups in total. The maximum absolute atomic E-state index is 5.75. The molecule has 2 rings (SSSR count). The largest absolute Gasteiger partial charge is 0.497 e. The molecule has 0 aromatic heterocycles. The van der Waals surface area contributed by atoms with E-state index in [1.54, 1.807) is 12.0 Å². The molecule has 0 radical (unpaired) electrons. The summed E-state index contributed by atoms with van der Waals surface area (Å²) in [5, 5.41) is 0. The quantitative estimate of drug-likeness (QED) is 0.792. The van der Waals surface area contributed by atoms with Gasteiger partial charge in [0.05, 0.1) is 33.4 Å². The molecule has 0 aliphatic carbocycles. The topological polar surface area (TPSA) is 22.9 Å². The van der Waals surface area contributed by atoms with E-state index in [2.05, 4.69) is 6.92 Å². The highest BCUT2D eigenvalue weighted by Gasteiger charge is 2.18. The summed E-state index contributed by atoms with van der Waals surface area (Å²) in [6.07, 6.45) is 3.93. The first-order valence-electron chi connectivity index (χ1n) is 7.38. The van der Waals surface area contributed by atoms with E-state index in [1.165, 1.54) is 32.5 Å². The Morgan fingerprint density at radius 1 is 1.21 bits per heavy atom. The molecule has 0 saturated carbocycles. The van der Waals surface area contributed by atoms with Crippen LogP contribution >= 0.6 is 0 Å². The second-order valence-corrected chi connectivity index (χ2v) is 5.58. The fourth-order valence-electron chi connectivity index (χ4n) is 2.81. The van der Waals surface area contributed by atoms with Crippen LogP contribution in [-0.2, 0) is 0 Å². The van der Waals surface area contributed by atoms with Gasteiger partial charge in [-0.25, -0.2) is 0 Å². The van der Waals surface area contributed by atoms with Crippen LogP contribution in [0.3, 0.4) is 0 Å². The molecule has 1 unspecified atom stereocenters. The van der Waals surface area contributed by atoms with Gasteiger partial charge in [-0.3, -0.25) is 0 Å². The summed E-state index contributed by atoms with van der Waals surface area (Å²) in [5.41, 5.74) is 0. The summed E-state index contributed by atoms with van der Waals surface area (Å²) in [4.78, 5) is 1.75. The molecule has 3 heteroatoms. The third-order valence-corrected chi connectivity index (χ3v) is 3.87. The lowest BCUT2D eigenvalue weighted by Gasteiger charge is -2.27. The lowest BCUT2D eigenvalue weighted by molar-refractivity contribution is -0.908. The van der Waals surface area contributed by atoms with Crippen molar-refractivity contribution >= 4 is 0 Å². The standard InChI is InChI=1S/C16H25NO2/c1-14-5-3-10-17(13-14)11-4-12-19-16-8-6-15(18-2)7-9-16/h6-9,14H,3-5,10-13H2,1-2H3/p+1/t14-/m1/s1. The molecular formula is C16H26NO2+. The van der Waals surface area contributed by atoms with Crippen LogP contribution in [0.5, 0.6) is 11.5 Å². The van der Waals surface area contributed by atoms with Gasteiger partial charge in [0.1, 0.15) is 11.5 Å². The van der Waals surface area contributed by atoms with Crippen molar-refractivity contribution in [1.82, 2.24) is 0 Å². The highest BCUT2D eigenvalue weighted by Crippen LogP contribution is 2.16. The van der Waals surface area contributed by atoms with Crippen LogP contribution in [0.2, 0.25) is 0 Å². The molecule has 1 heterocycles. The average molecular weight is 264 g/mol. The number of hydrogen-bond donors (Lipinski definition) is 1. The minimum Gasteiger partial charge on any atom is -0.497 e. The number of hydrogen-bond acceptors (Lipinski definition) is 2. The number of likely N-dealkylation sites (tertiary alicyclic amines) is 1. The second kappa shape index (κ2) is 7.39. The Bertz CT molecular complexity index is 364. The molecule has 1 aromatic rings. The van der Waals surface area contributed by atoms with Crippen LogP contribution in [0, 0.1) is 5.92 Å². The number of quaternary nitrogens is 1. The smallest absolute Gasteiger partial charge is 0.119 e. The molecule has 1 aromatic carbocycles. The summed E-state index contributed by atoms with van der Waals surface area (Å²) in [6, 6.07) is 7.81. The van der Waals surface area contributed by atoms with E-state index in [-0.39, 0.29) is 0 Å². The maximum atomic E-state index is 5.75. The second-order valence-electron chi connectivity index (χ2n) is 5.58. The molecular weight excluding hydrogens is 238 g/mol. The Labute approximate surface area is 116 Å². The van der Waals surface area contributed by atoms with Crippen molar-refractivity contribution in [3.05, 3.63) is 24.3 Å². The Balaban J connectivity index is 1.63. The first-order valence-corrected chi connectivity index (χ1v) is 7.38. The summed E-state index contributed by atoms with van der Waals surface area (Å²) < 4.78 is 10.9. The van der Waals surface area contributed by atoms with E-state index in [0.29, 0.717) is 0 Å². The molecule has 19 heavy (non-hydrogen) atoms. The molecule has 1 aliphatic rings. The van der Waals surface area contributed by atoms with Gasteiger partial charge in [-0.1, -0.05) is 6.92 Å². The fraction of sp³-hybridized carbons (Fsp3) is 0.625. The van der Waals surface area contributed by atoms with E-state index in [4.69, 9.17) is 9.47 Å². The number of nitrogens with one attached hydrogen (secondary N) is 1. The molecule has 106 valence electrons. The normalized spacial score (nSPS) is 23.1. The van der Waals surface area contributed by atoms with Crippen LogP contribution in [-0.4, -0.2) is 33.4 Å². The number of ether oxygens (including phenoxy) is 2. The fourth-order valence-corrected chi connectivity index (χ4v) is 2.81. The summed E-state index contributed by atoms with van der Waals surface area (Å²) >= 11 is 0. The van der Waals surface area contributed by atoms with Gasteiger partial charge in [0.25, 0.3) is 0 Å². The predicted molar refractivity (Wildman–Crippen MR) is 77.1 cm³/mol. The van der Waals surface area contributed by atoms with Gasteiger partial charge in [0, 0.05) is 12.3 Å². The maximum Gasteiger partial charge on any atom is 0.119 e. The van der Waals surface area contributed by atoms with Crippen LogP contribution in [0.1, 0.15) is 26.2 Å². The zero-order chi connectivity index (χ0) is 13.5. The van der Waals surface area contributed by atoms with Crippen molar-refractivity contribution < 1.29 is 14.4 Å². The highest BCUT2D eigenvalue weighted by molar-refractivity contribution is 5.31. The third kappa shape index (κ3) is 4.75. The Kier molecular flexibility index (Phi) is 5.52. The molecule has 0 bridgehead atoms. The Morgan fingerprint density at radius 2 is 1.95 bits per heavy atom. The number of rotatable bonds is 6. The molecule has 2 atom stereocenters. The average Bonchev–Trinajstić information content (AvgIpc) is 2.44. The van der Waals surface area contributed by atoms with E-state index < -0.39 is 0 Å². The van der Waals surface area contributed by atoms with Crippen molar-refractivity contribution in [1.29, 1.82) is 0 Å². The van der Waals surface area contributed by atoms with Crippen molar-refractivity contribution in [2.75, 3.05) is 33.4 Å². The van der Waals surface area contributed by atoms with Crippen LogP contribution in [0.15, 0.2) is 24.3 Å². The SMILES string of the molecule is COc1ccc(OCCC[NH+]2CCC[C@@H](C)C2)cc1. The van der Waals surface area contributed by atoms with Crippen LogP contribution < -0.4 is 14.4 Å². The summed E-state index contributed by atoms with van der Waals surface area (Å²) in [7, 11) is 1.68. The van der Waals surface area contributed by atoms with Crippen LogP contribution in [0.4, 0.5) is 0 Å². The number of piperidine rings is 1. The van der Waals surface area contributed by atoms with Gasteiger partial charge in [0.2, 0.25) is 0 Å². The van der Waals surface area contributed by atoms with E-state index in [1.807, 2.05) is 24.3 Å². The lowest BCUT2D eigenvalue weighted by Crippen LogP contribution is -3.13. The predicted octanol–water partition coefficient (Wildman–Crippen LogP) is 1.78. The van der Waals surface area contributed by atoms with Crippen LogP contribution in [0.25, 0.3) is 0 Å². The van der Waals surface area contributed by atoms with Gasteiger partial charge in [-0.05, 0) is 37.1 Å². The first-order chi connectivity index (χ1) is 9.28. The van der Waals surface area contributed by atoms with E-state index in [9.17, 15) is 0 Å². The zero-order valence-corrected chi connectivity index (χ0v) is 12.2. The Morgan fingerprint density at radius 3 is 2.63 bits per heavy atom. The first kappa shape index (κ1) is 14.2. The van der Waals surface area contributed by atoms with Gasteiger partial charge in [-0.15, -0.1) is 0 Å². The van der Waals surface area contributed by atoms with Gasteiger partial charge in [0.15, 0.2) is 0 Å². The zero-order valence-electron chi connectivity index (χ0n) is 12.2. The number of benzene rings is 1.